The Morgan fingerprint density at radius 3 is 2.53 bits per heavy atom. The topological polar surface area (TPSA) is 111 Å². The molecular formula is C8H10F2N4O2S. The Kier molecular flexibility index (Phi) is 3.61. The fourth-order valence-electron chi connectivity index (χ4n) is 0.927. The van der Waals surface area contributed by atoms with Gasteiger partial charge in [-0.05, 0) is 12.1 Å². The monoisotopic (exact) mass is 264 g/mol. The van der Waals surface area contributed by atoms with Gasteiger partial charge in [0.15, 0.2) is 11.0 Å². The van der Waals surface area contributed by atoms with E-state index in [1.54, 1.807) is 0 Å². The summed E-state index contributed by atoms with van der Waals surface area (Å²) in [7, 11) is -4.90. The summed E-state index contributed by atoms with van der Waals surface area (Å²) in [6.07, 6.45) is 1.10. The largest absolute Gasteiger partial charge is 0.370 e. The van der Waals surface area contributed by atoms with Gasteiger partial charge in [0, 0.05) is 6.20 Å². The Balaban J connectivity index is 3.10. The van der Waals surface area contributed by atoms with Crippen molar-refractivity contribution in [1.82, 2.24) is 4.98 Å². The van der Waals surface area contributed by atoms with Gasteiger partial charge in [-0.1, -0.05) is 6.07 Å². The van der Waals surface area contributed by atoms with Crippen molar-refractivity contribution in [2.45, 2.75) is 10.3 Å². The molecule has 9 heteroatoms. The van der Waals surface area contributed by atoms with Gasteiger partial charge in [0.05, 0.1) is 0 Å². The van der Waals surface area contributed by atoms with E-state index in [0.717, 1.165) is 12.3 Å². The van der Waals surface area contributed by atoms with Gasteiger partial charge in [-0.15, -0.1) is 0 Å². The third kappa shape index (κ3) is 2.87. The SMILES string of the molecule is NC(N)=NCC(F)(F)S(=O)(=O)c1ccccn1. The van der Waals surface area contributed by atoms with Crippen molar-refractivity contribution in [1.29, 1.82) is 0 Å². The van der Waals surface area contributed by atoms with Gasteiger partial charge in [0.1, 0.15) is 6.54 Å². The molecule has 0 bridgehead atoms. The zero-order chi connectivity index (χ0) is 13.1. The zero-order valence-corrected chi connectivity index (χ0v) is 9.36. The molecule has 0 aliphatic heterocycles. The number of hydrogen-bond acceptors (Lipinski definition) is 4. The lowest BCUT2D eigenvalue weighted by Gasteiger charge is -2.13. The Bertz CT molecular complexity index is 512. The van der Waals surface area contributed by atoms with Crippen LogP contribution in [0.1, 0.15) is 0 Å². The number of aromatic nitrogens is 1. The lowest BCUT2D eigenvalue weighted by molar-refractivity contribution is 0.102. The van der Waals surface area contributed by atoms with Gasteiger partial charge in [0.25, 0.3) is 9.84 Å². The third-order valence-electron chi connectivity index (χ3n) is 1.75. The smallest absolute Gasteiger partial charge is 0.370 e. The van der Waals surface area contributed by atoms with Crippen molar-refractivity contribution in [3.8, 4) is 0 Å². The summed E-state index contributed by atoms with van der Waals surface area (Å²) in [6.45, 7) is -1.34. The van der Waals surface area contributed by atoms with Crippen molar-refractivity contribution in [2.75, 3.05) is 6.54 Å². The van der Waals surface area contributed by atoms with Crippen LogP contribution in [0, 0.1) is 0 Å². The molecular weight excluding hydrogens is 254 g/mol. The van der Waals surface area contributed by atoms with Gasteiger partial charge in [0.2, 0.25) is 0 Å². The molecule has 0 amide bonds. The van der Waals surface area contributed by atoms with Crippen LogP contribution in [0.4, 0.5) is 8.78 Å². The molecule has 94 valence electrons. The molecule has 0 radical (unpaired) electrons. The summed E-state index contributed by atoms with van der Waals surface area (Å²) in [6, 6.07) is 3.67. The number of sulfone groups is 1. The average molecular weight is 264 g/mol. The second kappa shape index (κ2) is 4.62. The maximum absolute atomic E-state index is 13.4. The fourth-order valence-corrected chi connectivity index (χ4v) is 1.93. The standard InChI is InChI=1S/C8H10F2N4O2S/c9-8(10,5-14-7(11)12)17(15,16)6-3-1-2-4-13-6/h1-4H,5H2,(H4,11,12,14). The maximum Gasteiger partial charge on any atom is 0.370 e. The second-order valence-electron chi connectivity index (χ2n) is 3.05. The highest BCUT2D eigenvalue weighted by Gasteiger charge is 2.46. The summed E-state index contributed by atoms with van der Waals surface area (Å²) >= 11 is 0. The first-order chi connectivity index (χ1) is 7.77. The van der Waals surface area contributed by atoms with Gasteiger partial charge >= 0.3 is 5.25 Å². The molecule has 0 atom stereocenters. The van der Waals surface area contributed by atoms with E-state index in [1.807, 2.05) is 0 Å². The zero-order valence-electron chi connectivity index (χ0n) is 8.55. The molecule has 0 aliphatic carbocycles. The van der Waals surface area contributed by atoms with E-state index in [2.05, 4.69) is 9.98 Å². The number of rotatable bonds is 4. The summed E-state index contributed by atoms with van der Waals surface area (Å²) in [5.74, 6) is -0.610. The highest BCUT2D eigenvalue weighted by atomic mass is 32.2. The molecule has 0 saturated heterocycles. The van der Waals surface area contributed by atoms with E-state index in [1.165, 1.54) is 12.1 Å². The van der Waals surface area contributed by atoms with E-state index in [-0.39, 0.29) is 0 Å². The van der Waals surface area contributed by atoms with E-state index in [9.17, 15) is 17.2 Å². The molecule has 1 aromatic rings. The predicted molar refractivity (Wildman–Crippen MR) is 57.0 cm³/mol. The number of halogens is 2. The van der Waals surface area contributed by atoms with Crippen molar-refractivity contribution in [3.63, 3.8) is 0 Å². The minimum absolute atomic E-state index is 0.610. The molecule has 6 nitrogen and oxygen atoms in total. The van der Waals surface area contributed by atoms with Gasteiger partial charge in [-0.3, -0.25) is 0 Å². The molecule has 17 heavy (non-hydrogen) atoms. The maximum atomic E-state index is 13.4. The van der Waals surface area contributed by atoms with E-state index >= 15 is 0 Å². The first-order valence-corrected chi connectivity index (χ1v) is 5.84. The van der Waals surface area contributed by atoms with E-state index in [4.69, 9.17) is 11.5 Å². The molecule has 1 aromatic heterocycles. The number of guanidine groups is 1. The predicted octanol–water partition coefficient (Wildman–Crippen LogP) is -0.279. The summed E-state index contributed by atoms with van der Waals surface area (Å²) in [5.41, 5.74) is 9.73. The van der Waals surface area contributed by atoms with Crippen molar-refractivity contribution >= 4 is 15.8 Å². The molecule has 1 heterocycles. The number of aliphatic imine (C=N–C) groups is 1. The highest BCUT2D eigenvalue weighted by molar-refractivity contribution is 7.92. The summed E-state index contributed by atoms with van der Waals surface area (Å²) < 4.78 is 49.8. The van der Waals surface area contributed by atoms with Crippen LogP contribution in [0.3, 0.4) is 0 Å². The van der Waals surface area contributed by atoms with Crippen LogP contribution in [0.25, 0.3) is 0 Å². The van der Waals surface area contributed by atoms with Crippen LogP contribution >= 0.6 is 0 Å². The Labute approximate surface area is 96.3 Å². The van der Waals surface area contributed by atoms with Crippen LogP contribution in [0.5, 0.6) is 0 Å². The van der Waals surface area contributed by atoms with Crippen LogP contribution in [0.15, 0.2) is 34.4 Å². The molecule has 0 aliphatic rings. The van der Waals surface area contributed by atoms with Crippen molar-refractivity contribution in [2.24, 2.45) is 16.5 Å². The first kappa shape index (κ1) is 13.3. The van der Waals surface area contributed by atoms with Crippen LogP contribution in [-0.2, 0) is 9.84 Å². The van der Waals surface area contributed by atoms with Crippen molar-refractivity contribution in [3.05, 3.63) is 24.4 Å². The number of hydrogen-bond donors (Lipinski definition) is 2. The van der Waals surface area contributed by atoms with Crippen LogP contribution in [-0.4, -0.2) is 31.2 Å². The van der Waals surface area contributed by atoms with Gasteiger partial charge in [-0.25, -0.2) is 18.4 Å². The number of pyridine rings is 1. The van der Waals surface area contributed by atoms with E-state index in [0.29, 0.717) is 0 Å². The minimum atomic E-state index is -4.90. The Hall–Kier alpha value is -1.77. The molecule has 0 spiro atoms. The second-order valence-corrected chi connectivity index (χ2v) is 5.07. The number of nitrogens with two attached hydrogens (primary N) is 2. The lowest BCUT2D eigenvalue weighted by Crippen LogP contribution is -2.35. The average Bonchev–Trinajstić information content (AvgIpc) is 2.27. The quantitative estimate of drug-likeness (QED) is 0.574. The Morgan fingerprint density at radius 2 is 2.06 bits per heavy atom. The number of alkyl halides is 2. The highest BCUT2D eigenvalue weighted by Crippen LogP contribution is 2.27. The molecule has 4 N–H and O–H groups in total. The van der Waals surface area contributed by atoms with Gasteiger partial charge in [-0.2, -0.15) is 8.78 Å². The minimum Gasteiger partial charge on any atom is -0.370 e. The molecule has 1 rings (SSSR count). The third-order valence-corrected chi connectivity index (χ3v) is 3.46. The molecule has 0 aromatic carbocycles. The normalized spacial score (nSPS) is 12.1. The Morgan fingerprint density at radius 1 is 1.41 bits per heavy atom. The van der Waals surface area contributed by atoms with E-state index < -0.39 is 32.6 Å². The molecule has 0 unspecified atom stereocenters. The van der Waals surface area contributed by atoms with Gasteiger partial charge < -0.3 is 11.5 Å². The summed E-state index contributed by atoms with van der Waals surface area (Å²) in [4.78, 5) is 6.37. The number of nitrogens with zero attached hydrogens (tertiary/aromatic N) is 2. The van der Waals surface area contributed by atoms with Crippen molar-refractivity contribution < 1.29 is 17.2 Å². The van der Waals surface area contributed by atoms with Crippen LogP contribution in [0.2, 0.25) is 0 Å². The fraction of sp³-hybridized carbons (Fsp3) is 0.250. The lowest BCUT2D eigenvalue weighted by atomic mass is 10.5. The molecule has 0 fully saturated rings. The van der Waals surface area contributed by atoms with Crippen LogP contribution < -0.4 is 11.5 Å². The summed E-state index contributed by atoms with van der Waals surface area (Å²) in [5, 5.41) is -4.83. The molecule has 0 saturated carbocycles. The first-order valence-electron chi connectivity index (χ1n) is 4.36.